The van der Waals surface area contributed by atoms with Crippen LogP contribution in [0.25, 0.3) is 17.2 Å². The molecule has 0 fully saturated rings. The van der Waals surface area contributed by atoms with Crippen LogP contribution in [-0.4, -0.2) is 18.2 Å². The number of fused-ring (bicyclic) bond motifs is 1. The van der Waals surface area contributed by atoms with Crippen LogP contribution < -0.4 is 4.74 Å². The summed E-state index contributed by atoms with van der Waals surface area (Å²) < 4.78 is 5.27. The first kappa shape index (κ1) is 18.1. The van der Waals surface area contributed by atoms with E-state index >= 15 is 0 Å². The Balaban J connectivity index is 0.00000208. The van der Waals surface area contributed by atoms with E-state index in [0.717, 1.165) is 52.8 Å². The summed E-state index contributed by atoms with van der Waals surface area (Å²) in [6.45, 7) is 2.00. The molecule has 0 saturated carbocycles. The molecular weight excluding hydrogens is 324 g/mol. The summed E-state index contributed by atoms with van der Waals surface area (Å²) in [6, 6.07) is 9.44. The van der Waals surface area contributed by atoms with E-state index in [-0.39, 0.29) is 12.4 Å². The van der Waals surface area contributed by atoms with Gasteiger partial charge in [0.15, 0.2) is 0 Å². The van der Waals surface area contributed by atoms with Gasteiger partial charge in [0, 0.05) is 5.56 Å². The Morgan fingerprint density at radius 3 is 2.67 bits per heavy atom. The van der Waals surface area contributed by atoms with Gasteiger partial charge in [-0.2, -0.15) is 0 Å². The van der Waals surface area contributed by atoms with E-state index in [1.165, 1.54) is 0 Å². The fourth-order valence-electron chi connectivity index (χ4n) is 3.23. The van der Waals surface area contributed by atoms with Crippen molar-refractivity contribution in [2.45, 2.75) is 26.2 Å². The lowest BCUT2D eigenvalue weighted by molar-refractivity contribution is 0.0697. The molecule has 2 aromatic carbocycles. The number of carbonyl (C=O) groups is 1. The number of ether oxygens (including phenoxy) is 1. The lowest BCUT2D eigenvalue weighted by Gasteiger charge is -2.17. The Morgan fingerprint density at radius 2 is 2.00 bits per heavy atom. The highest BCUT2D eigenvalue weighted by atomic mass is 35.5. The molecule has 126 valence electrons. The van der Waals surface area contributed by atoms with E-state index < -0.39 is 5.97 Å². The predicted molar refractivity (Wildman–Crippen MR) is 99.3 cm³/mol. The van der Waals surface area contributed by atoms with Crippen molar-refractivity contribution in [1.29, 1.82) is 0 Å². The van der Waals surface area contributed by atoms with Crippen LogP contribution in [0.5, 0.6) is 5.75 Å². The van der Waals surface area contributed by atoms with Crippen LogP contribution in [0.2, 0.25) is 0 Å². The zero-order valence-corrected chi connectivity index (χ0v) is 14.7. The molecule has 4 heteroatoms. The molecule has 0 atom stereocenters. The van der Waals surface area contributed by atoms with Crippen LogP contribution in [0.4, 0.5) is 0 Å². The lowest BCUT2D eigenvalue weighted by atomic mass is 9.87. The molecule has 0 spiro atoms. The Hall–Kier alpha value is -2.26. The molecule has 24 heavy (non-hydrogen) atoms. The molecule has 1 aliphatic rings. The van der Waals surface area contributed by atoms with E-state index in [4.69, 9.17) is 4.74 Å². The quantitative estimate of drug-likeness (QED) is 0.838. The monoisotopic (exact) mass is 344 g/mol. The second-order valence-corrected chi connectivity index (χ2v) is 5.84. The molecule has 0 radical (unpaired) electrons. The van der Waals surface area contributed by atoms with Gasteiger partial charge in [-0.05, 0) is 66.6 Å². The van der Waals surface area contributed by atoms with Gasteiger partial charge in [-0.25, -0.2) is 4.79 Å². The Bertz CT molecular complexity index is 794. The summed E-state index contributed by atoms with van der Waals surface area (Å²) in [7, 11) is 1.64. The van der Waals surface area contributed by atoms with Crippen molar-refractivity contribution in [2.24, 2.45) is 0 Å². The summed E-state index contributed by atoms with van der Waals surface area (Å²) in [4.78, 5) is 11.8. The van der Waals surface area contributed by atoms with E-state index in [1.807, 2.05) is 31.2 Å². The molecule has 0 aliphatic heterocycles. The van der Waals surface area contributed by atoms with E-state index in [1.54, 1.807) is 13.2 Å². The maximum Gasteiger partial charge on any atom is 0.336 e. The lowest BCUT2D eigenvalue weighted by Crippen LogP contribution is -2.05. The minimum Gasteiger partial charge on any atom is -0.497 e. The van der Waals surface area contributed by atoms with Crippen LogP contribution in [0, 0.1) is 6.92 Å². The number of benzene rings is 2. The highest BCUT2D eigenvalue weighted by molar-refractivity contribution is 5.98. The third kappa shape index (κ3) is 3.31. The van der Waals surface area contributed by atoms with Gasteiger partial charge in [0.1, 0.15) is 5.75 Å². The van der Waals surface area contributed by atoms with Gasteiger partial charge >= 0.3 is 5.97 Å². The van der Waals surface area contributed by atoms with E-state index in [0.29, 0.717) is 5.56 Å². The number of carboxylic acids is 1. The normalized spacial score (nSPS) is 12.8. The van der Waals surface area contributed by atoms with Crippen molar-refractivity contribution in [3.05, 3.63) is 58.7 Å². The van der Waals surface area contributed by atoms with Crippen LogP contribution in [0.15, 0.2) is 36.4 Å². The zero-order chi connectivity index (χ0) is 16.4. The molecule has 0 bridgehead atoms. The predicted octanol–water partition coefficient (Wildman–Crippen LogP) is 5.14. The fourth-order valence-corrected chi connectivity index (χ4v) is 3.23. The molecule has 0 heterocycles. The third-order valence-corrected chi connectivity index (χ3v) is 4.38. The van der Waals surface area contributed by atoms with Gasteiger partial charge in [-0.3, -0.25) is 0 Å². The number of halogens is 1. The van der Waals surface area contributed by atoms with Gasteiger partial charge in [-0.1, -0.05) is 24.3 Å². The van der Waals surface area contributed by atoms with Crippen molar-refractivity contribution < 1.29 is 14.6 Å². The van der Waals surface area contributed by atoms with Crippen LogP contribution >= 0.6 is 12.4 Å². The maximum absolute atomic E-state index is 11.8. The number of aryl methyl sites for hydroxylation is 1. The number of hydrogen-bond acceptors (Lipinski definition) is 2. The average molecular weight is 345 g/mol. The summed E-state index contributed by atoms with van der Waals surface area (Å²) in [5, 5.41) is 9.65. The highest BCUT2D eigenvalue weighted by Gasteiger charge is 2.20. The van der Waals surface area contributed by atoms with Crippen molar-refractivity contribution >= 4 is 24.5 Å². The highest BCUT2D eigenvalue weighted by Crippen LogP contribution is 2.36. The molecule has 2 aromatic rings. The molecular formula is C20H21ClO3. The molecule has 1 aliphatic carbocycles. The van der Waals surface area contributed by atoms with Gasteiger partial charge in [0.25, 0.3) is 0 Å². The number of methoxy groups -OCH3 is 1. The largest absolute Gasteiger partial charge is 0.497 e. The first-order chi connectivity index (χ1) is 11.1. The van der Waals surface area contributed by atoms with Gasteiger partial charge < -0.3 is 9.84 Å². The smallest absolute Gasteiger partial charge is 0.336 e. The maximum atomic E-state index is 11.8. The van der Waals surface area contributed by atoms with Gasteiger partial charge in [0.05, 0.1) is 12.7 Å². The molecule has 1 N–H and O–H groups in total. The van der Waals surface area contributed by atoms with Crippen molar-refractivity contribution in [3.8, 4) is 16.9 Å². The number of allylic oxidation sites excluding steroid dienone is 1. The number of hydrogen-bond donors (Lipinski definition) is 1. The summed E-state index contributed by atoms with van der Waals surface area (Å²) >= 11 is 0. The second kappa shape index (κ2) is 7.54. The third-order valence-electron chi connectivity index (χ3n) is 4.38. The Kier molecular flexibility index (Phi) is 5.68. The van der Waals surface area contributed by atoms with Crippen molar-refractivity contribution in [2.75, 3.05) is 7.11 Å². The minimum atomic E-state index is -0.883. The topological polar surface area (TPSA) is 46.5 Å². The molecule has 0 saturated heterocycles. The van der Waals surface area contributed by atoms with E-state index in [2.05, 4.69) is 12.2 Å². The fraction of sp³-hybridized carbons (Fsp3) is 0.250. The Morgan fingerprint density at radius 1 is 1.21 bits per heavy atom. The first-order valence-electron chi connectivity index (χ1n) is 7.82. The molecule has 0 amide bonds. The average Bonchev–Trinajstić information content (AvgIpc) is 2.79. The SMILES string of the molecule is COc1ccc(-c2c(C(=O)O)ccc3c2CCCC=C3)c(C)c1.Cl. The summed E-state index contributed by atoms with van der Waals surface area (Å²) in [5.41, 5.74) is 5.46. The van der Waals surface area contributed by atoms with E-state index in [9.17, 15) is 9.90 Å². The number of aromatic carboxylic acids is 1. The molecule has 0 aromatic heterocycles. The van der Waals surface area contributed by atoms with Crippen molar-refractivity contribution in [1.82, 2.24) is 0 Å². The van der Waals surface area contributed by atoms with Crippen molar-refractivity contribution in [3.63, 3.8) is 0 Å². The minimum absolute atomic E-state index is 0. The first-order valence-corrected chi connectivity index (χ1v) is 7.82. The molecule has 3 nitrogen and oxygen atoms in total. The zero-order valence-electron chi connectivity index (χ0n) is 13.8. The molecule has 0 unspecified atom stereocenters. The van der Waals surface area contributed by atoms with Gasteiger partial charge in [-0.15, -0.1) is 12.4 Å². The van der Waals surface area contributed by atoms with Crippen LogP contribution in [0.3, 0.4) is 0 Å². The summed E-state index contributed by atoms with van der Waals surface area (Å²) in [5.74, 6) is -0.101. The number of carboxylic acid groups (broad SMARTS) is 1. The Labute approximate surface area is 148 Å². The summed E-state index contributed by atoms with van der Waals surface area (Å²) in [6.07, 6.45) is 7.23. The number of rotatable bonds is 3. The standard InChI is InChI=1S/C20H20O3.ClH/c1-13-12-15(23-2)9-11-16(13)19-17-7-5-3-4-6-14(17)8-10-18(19)20(21)22;/h4,6,8-12H,3,5,7H2,1-2H3,(H,21,22);1H. The van der Waals surface area contributed by atoms with Crippen LogP contribution in [-0.2, 0) is 6.42 Å². The van der Waals surface area contributed by atoms with Crippen LogP contribution in [0.1, 0.15) is 39.9 Å². The van der Waals surface area contributed by atoms with Gasteiger partial charge in [0.2, 0.25) is 0 Å². The second-order valence-electron chi connectivity index (χ2n) is 5.84. The molecule has 3 rings (SSSR count).